The van der Waals surface area contributed by atoms with E-state index >= 15 is 0 Å². The van der Waals surface area contributed by atoms with Crippen molar-refractivity contribution in [1.29, 1.82) is 0 Å². The number of halogens is 2. The van der Waals surface area contributed by atoms with Crippen LogP contribution in [0.3, 0.4) is 0 Å². The molecule has 0 aliphatic carbocycles. The Morgan fingerprint density at radius 1 is 0.758 bits per heavy atom. The van der Waals surface area contributed by atoms with Gasteiger partial charge in [-0.25, -0.2) is 0 Å². The standard InChI is InChI=1S/C23H19Cl2N5O3/c24-15-1-5-17(6-2-15)27-22(32)19-13-20(23(33)28-18-7-3-16(25)4-8-18)30(19)29-21(31)14-9-11-26-12-10-14/h1-12,19-20H,13H2,(H,27,32)(H,28,33)(H,29,31)/t19-,20-/m1/s1. The minimum atomic E-state index is -0.743. The van der Waals surface area contributed by atoms with Gasteiger partial charge in [-0.1, -0.05) is 23.2 Å². The van der Waals surface area contributed by atoms with E-state index in [4.69, 9.17) is 23.2 Å². The number of nitrogens with one attached hydrogen (secondary N) is 3. The van der Waals surface area contributed by atoms with Crippen LogP contribution in [0, 0.1) is 0 Å². The van der Waals surface area contributed by atoms with Crippen molar-refractivity contribution in [2.24, 2.45) is 0 Å². The number of carbonyl (C=O) groups is 3. The van der Waals surface area contributed by atoms with E-state index < -0.39 is 18.0 Å². The zero-order valence-electron chi connectivity index (χ0n) is 17.2. The van der Waals surface area contributed by atoms with Crippen LogP contribution in [0.2, 0.25) is 10.0 Å². The predicted molar refractivity (Wildman–Crippen MR) is 126 cm³/mol. The van der Waals surface area contributed by atoms with Crippen LogP contribution in [-0.2, 0) is 9.59 Å². The smallest absolute Gasteiger partial charge is 0.265 e. The highest BCUT2D eigenvalue weighted by atomic mass is 35.5. The number of hydrazine groups is 1. The van der Waals surface area contributed by atoms with Crippen LogP contribution in [0.25, 0.3) is 0 Å². The van der Waals surface area contributed by atoms with E-state index in [0.29, 0.717) is 27.0 Å². The summed E-state index contributed by atoms with van der Waals surface area (Å²) in [5.41, 5.74) is 4.15. The minimum absolute atomic E-state index is 0.218. The molecule has 1 aliphatic heterocycles. The lowest BCUT2D eigenvalue weighted by molar-refractivity contribution is -0.141. The Morgan fingerprint density at radius 3 is 1.67 bits per heavy atom. The average Bonchev–Trinajstić information content (AvgIpc) is 2.80. The van der Waals surface area contributed by atoms with Gasteiger partial charge >= 0.3 is 0 Å². The van der Waals surface area contributed by atoms with E-state index in [-0.39, 0.29) is 18.2 Å². The Labute approximate surface area is 199 Å². The molecule has 2 heterocycles. The third-order valence-corrected chi connectivity index (χ3v) is 5.62. The highest BCUT2D eigenvalue weighted by Crippen LogP contribution is 2.27. The number of nitrogens with zero attached hydrogens (tertiary/aromatic N) is 2. The largest absolute Gasteiger partial charge is 0.325 e. The molecule has 3 aromatic rings. The second kappa shape index (κ2) is 9.99. The van der Waals surface area contributed by atoms with Gasteiger partial charge in [0.15, 0.2) is 0 Å². The highest BCUT2D eigenvalue weighted by molar-refractivity contribution is 6.31. The van der Waals surface area contributed by atoms with Crippen molar-refractivity contribution >= 4 is 52.3 Å². The van der Waals surface area contributed by atoms with Crippen molar-refractivity contribution in [2.75, 3.05) is 10.6 Å². The normalized spacial score (nSPS) is 17.5. The van der Waals surface area contributed by atoms with E-state index in [0.717, 1.165) is 0 Å². The van der Waals surface area contributed by atoms with Gasteiger partial charge in [0, 0.05) is 45.8 Å². The molecule has 0 spiro atoms. The van der Waals surface area contributed by atoms with E-state index in [1.54, 1.807) is 60.7 Å². The number of hydrogen-bond acceptors (Lipinski definition) is 5. The highest BCUT2D eigenvalue weighted by Gasteiger charge is 2.48. The number of benzene rings is 2. The maximum Gasteiger partial charge on any atom is 0.265 e. The van der Waals surface area contributed by atoms with Gasteiger partial charge in [-0.3, -0.25) is 24.8 Å². The topological polar surface area (TPSA) is 103 Å². The summed E-state index contributed by atoms with van der Waals surface area (Å²) in [4.78, 5) is 42.4. The fraction of sp³-hybridized carbons (Fsp3) is 0.130. The first-order valence-electron chi connectivity index (χ1n) is 10.0. The van der Waals surface area contributed by atoms with Gasteiger partial charge in [-0.15, -0.1) is 0 Å². The van der Waals surface area contributed by atoms with Gasteiger partial charge in [0.25, 0.3) is 5.91 Å². The van der Waals surface area contributed by atoms with E-state index in [1.165, 1.54) is 17.4 Å². The summed E-state index contributed by atoms with van der Waals surface area (Å²) in [6.07, 6.45) is 3.19. The Kier molecular flexibility index (Phi) is 6.88. The molecule has 0 bridgehead atoms. The van der Waals surface area contributed by atoms with Crippen LogP contribution >= 0.6 is 23.2 Å². The number of rotatable bonds is 6. The number of carbonyl (C=O) groups excluding carboxylic acids is 3. The molecule has 8 nitrogen and oxygen atoms in total. The first-order chi connectivity index (χ1) is 15.9. The van der Waals surface area contributed by atoms with Crippen molar-refractivity contribution in [3.05, 3.63) is 88.7 Å². The SMILES string of the molecule is O=C(NN1[C@@H](C(=O)Nc2ccc(Cl)cc2)C[C@@H]1C(=O)Nc1ccc(Cl)cc1)c1ccncc1. The zero-order chi connectivity index (χ0) is 23.4. The quantitative estimate of drug-likeness (QED) is 0.495. The van der Waals surface area contributed by atoms with Gasteiger partial charge in [-0.2, -0.15) is 5.01 Å². The van der Waals surface area contributed by atoms with Gasteiger partial charge in [-0.05, 0) is 60.7 Å². The van der Waals surface area contributed by atoms with Crippen molar-refractivity contribution in [2.45, 2.75) is 18.5 Å². The molecule has 0 saturated carbocycles. The molecule has 10 heteroatoms. The minimum Gasteiger partial charge on any atom is -0.325 e. The molecule has 3 N–H and O–H groups in total. The molecule has 1 fully saturated rings. The average molecular weight is 484 g/mol. The van der Waals surface area contributed by atoms with Crippen LogP contribution in [0.4, 0.5) is 11.4 Å². The lowest BCUT2D eigenvalue weighted by Gasteiger charge is -2.45. The summed E-state index contributed by atoms with van der Waals surface area (Å²) in [5, 5.41) is 8.01. The first kappa shape index (κ1) is 22.7. The summed E-state index contributed by atoms with van der Waals surface area (Å²) in [5.74, 6) is -1.17. The van der Waals surface area contributed by atoms with Crippen molar-refractivity contribution < 1.29 is 14.4 Å². The fourth-order valence-corrected chi connectivity index (χ4v) is 3.60. The third-order valence-electron chi connectivity index (χ3n) is 5.12. The molecular formula is C23H19Cl2N5O3. The summed E-state index contributed by atoms with van der Waals surface area (Å²) in [6, 6.07) is 14.9. The van der Waals surface area contributed by atoms with E-state index in [9.17, 15) is 14.4 Å². The van der Waals surface area contributed by atoms with Crippen molar-refractivity contribution in [3.63, 3.8) is 0 Å². The molecular weight excluding hydrogens is 465 g/mol. The Hall–Kier alpha value is -3.46. The third kappa shape index (κ3) is 5.48. The fourth-order valence-electron chi connectivity index (χ4n) is 3.34. The van der Waals surface area contributed by atoms with Gasteiger partial charge < -0.3 is 10.6 Å². The molecule has 33 heavy (non-hydrogen) atoms. The van der Waals surface area contributed by atoms with Crippen LogP contribution in [0.1, 0.15) is 16.8 Å². The van der Waals surface area contributed by atoms with E-state index in [1.807, 2.05) is 0 Å². The summed E-state index contributed by atoms with van der Waals surface area (Å²) < 4.78 is 0. The zero-order valence-corrected chi connectivity index (χ0v) is 18.7. The second-order valence-electron chi connectivity index (χ2n) is 7.34. The van der Waals surface area contributed by atoms with Crippen LogP contribution in [0.5, 0.6) is 0 Å². The Balaban J connectivity index is 1.49. The van der Waals surface area contributed by atoms with Gasteiger partial charge in [0.2, 0.25) is 11.8 Å². The molecule has 168 valence electrons. The molecule has 3 amide bonds. The monoisotopic (exact) mass is 483 g/mol. The van der Waals surface area contributed by atoms with Gasteiger partial charge in [0.1, 0.15) is 12.1 Å². The van der Waals surface area contributed by atoms with Crippen LogP contribution in [-0.4, -0.2) is 39.8 Å². The molecule has 4 rings (SSSR count). The molecule has 2 atom stereocenters. The van der Waals surface area contributed by atoms with Gasteiger partial charge in [0.05, 0.1) is 0 Å². The molecule has 0 radical (unpaired) electrons. The number of anilines is 2. The summed E-state index contributed by atoms with van der Waals surface area (Å²) in [7, 11) is 0. The summed E-state index contributed by atoms with van der Waals surface area (Å²) >= 11 is 11.8. The van der Waals surface area contributed by atoms with Crippen molar-refractivity contribution in [3.8, 4) is 0 Å². The first-order valence-corrected chi connectivity index (χ1v) is 10.8. The molecule has 1 aromatic heterocycles. The number of hydrogen-bond donors (Lipinski definition) is 3. The molecule has 1 aliphatic rings. The second-order valence-corrected chi connectivity index (χ2v) is 8.22. The maximum atomic E-state index is 12.9. The van der Waals surface area contributed by atoms with Crippen LogP contribution < -0.4 is 16.1 Å². The lowest BCUT2D eigenvalue weighted by Crippen LogP contribution is -2.70. The van der Waals surface area contributed by atoms with Crippen molar-refractivity contribution in [1.82, 2.24) is 15.4 Å². The number of aromatic nitrogens is 1. The molecule has 2 aromatic carbocycles. The molecule has 0 unspecified atom stereocenters. The Bertz CT molecular complexity index is 1090. The lowest BCUT2D eigenvalue weighted by atomic mass is 9.93. The Morgan fingerprint density at radius 2 is 1.21 bits per heavy atom. The van der Waals surface area contributed by atoms with E-state index in [2.05, 4.69) is 21.0 Å². The molecule has 1 saturated heterocycles. The van der Waals surface area contributed by atoms with Crippen LogP contribution in [0.15, 0.2) is 73.1 Å². The summed E-state index contributed by atoms with van der Waals surface area (Å²) in [6.45, 7) is 0. The predicted octanol–water partition coefficient (Wildman–Crippen LogP) is 3.75. The number of amides is 3. The number of pyridine rings is 1. The maximum absolute atomic E-state index is 12.9.